The fourth-order valence-electron chi connectivity index (χ4n) is 3.63. The van der Waals surface area contributed by atoms with E-state index in [1.54, 1.807) is 30.3 Å². The van der Waals surface area contributed by atoms with Gasteiger partial charge in [0.15, 0.2) is 6.61 Å². The number of nitrogens with zero attached hydrogens (tertiary/aromatic N) is 1. The normalized spacial score (nSPS) is 11.8. The third kappa shape index (κ3) is 8.82. The molecule has 0 fully saturated rings. The molecular formula is C28H28Cl4N2O3. The van der Waals surface area contributed by atoms with Crippen LogP contribution in [-0.4, -0.2) is 35.9 Å². The van der Waals surface area contributed by atoms with Crippen molar-refractivity contribution in [3.8, 4) is 5.75 Å². The van der Waals surface area contributed by atoms with Crippen molar-refractivity contribution < 1.29 is 14.3 Å². The molecular weight excluding hydrogens is 554 g/mol. The number of nitrogens with one attached hydrogen (secondary N) is 1. The van der Waals surface area contributed by atoms with Crippen LogP contribution >= 0.6 is 46.4 Å². The van der Waals surface area contributed by atoms with Crippen LogP contribution in [0.4, 0.5) is 0 Å². The molecule has 0 radical (unpaired) electrons. The summed E-state index contributed by atoms with van der Waals surface area (Å²) in [4.78, 5) is 28.6. The molecule has 1 N–H and O–H groups in total. The number of benzene rings is 3. The highest BCUT2D eigenvalue weighted by Crippen LogP contribution is 2.28. The van der Waals surface area contributed by atoms with E-state index in [2.05, 4.69) is 5.32 Å². The van der Waals surface area contributed by atoms with Gasteiger partial charge in [0.05, 0.1) is 15.1 Å². The van der Waals surface area contributed by atoms with Crippen LogP contribution in [0.25, 0.3) is 0 Å². The van der Waals surface area contributed by atoms with Crippen molar-refractivity contribution in [2.45, 2.75) is 32.9 Å². The van der Waals surface area contributed by atoms with E-state index in [9.17, 15) is 9.59 Å². The zero-order valence-electron chi connectivity index (χ0n) is 20.5. The van der Waals surface area contributed by atoms with Crippen LogP contribution in [0.5, 0.6) is 5.75 Å². The zero-order valence-corrected chi connectivity index (χ0v) is 23.5. The van der Waals surface area contributed by atoms with E-state index in [1.165, 1.54) is 11.0 Å². The summed E-state index contributed by atoms with van der Waals surface area (Å²) in [6, 6.07) is 18.6. The monoisotopic (exact) mass is 580 g/mol. The molecule has 3 aromatic carbocycles. The Balaban J connectivity index is 1.93. The Hall–Kier alpha value is -2.44. The third-order valence-corrected chi connectivity index (χ3v) is 6.81. The fourth-order valence-corrected chi connectivity index (χ4v) is 4.41. The SMILES string of the molecule is CC(C)CNC(=O)[C@H](Cc1ccccc1)N(Cc1ccc(Cl)c(Cl)c1)C(=O)COc1ccc(Cl)cc1Cl. The number of rotatable bonds is 11. The molecule has 0 heterocycles. The van der Waals surface area contributed by atoms with Gasteiger partial charge in [0.25, 0.3) is 5.91 Å². The lowest BCUT2D eigenvalue weighted by molar-refractivity contribution is -0.142. The largest absolute Gasteiger partial charge is 0.482 e. The highest BCUT2D eigenvalue weighted by atomic mass is 35.5. The van der Waals surface area contributed by atoms with Gasteiger partial charge in [0.1, 0.15) is 11.8 Å². The van der Waals surface area contributed by atoms with Crippen LogP contribution in [0.15, 0.2) is 66.7 Å². The van der Waals surface area contributed by atoms with Crippen molar-refractivity contribution in [2.24, 2.45) is 5.92 Å². The molecule has 0 aromatic heterocycles. The number of hydrogen-bond acceptors (Lipinski definition) is 3. The summed E-state index contributed by atoms with van der Waals surface area (Å²) < 4.78 is 5.73. The molecule has 0 aliphatic carbocycles. The summed E-state index contributed by atoms with van der Waals surface area (Å²) in [7, 11) is 0. The van der Waals surface area contributed by atoms with E-state index in [4.69, 9.17) is 51.1 Å². The van der Waals surface area contributed by atoms with Gasteiger partial charge in [0, 0.05) is 24.5 Å². The van der Waals surface area contributed by atoms with Gasteiger partial charge in [-0.25, -0.2) is 0 Å². The second kappa shape index (κ2) is 13.9. The number of hydrogen-bond donors (Lipinski definition) is 1. The van der Waals surface area contributed by atoms with E-state index >= 15 is 0 Å². The van der Waals surface area contributed by atoms with Gasteiger partial charge in [-0.3, -0.25) is 9.59 Å². The van der Waals surface area contributed by atoms with Crippen LogP contribution in [0.3, 0.4) is 0 Å². The summed E-state index contributed by atoms with van der Waals surface area (Å²) in [5.74, 6) is -0.0816. The van der Waals surface area contributed by atoms with E-state index in [0.29, 0.717) is 33.8 Å². The zero-order chi connectivity index (χ0) is 26.9. The second-order valence-electron chi connectivity index (χ2n) is 8.98. The molecule has 196 valence electrons. The predicted octanol–water partition coefficient (Wildman–Crippen LogP) is 7.09. The molecule has 3 aromatic rings. The molecule has 0 saturated carbocycles. The van der Waals surface area contributed by atoms with Crippen molar-refractivity contribution in [3.05, 3.63) is 97.9 Å². The molecule has 9 heteroatoms. The molecule has 0 spiro atoms. The summed E-state index contributed by atoms with van der Waals surface area (Å²) >= 11 is 24.5. The van der Waals surface area contributed by atoms with Gasteiger partial charge in [-0.05, 0) is 47.4 Å². The lowest BCUT2D eigenvalue weighted by Gasteiger charge is -2.32. The molecule has 5 nitrogen and oxygen atoms in total. The van der Waals surface area contributed by atoms with Crippen molar-refractivity contribution in [2.75, 3.05) is 13.2 Å². The number of carbonyl (C=O) groups excluding carboxylic acids is 2. The van der Waals surface area contributed by atoms with Gasteiger partial charge < -0.3 is 15.0 Å². The molecule has 0 unspecified atom stereocenters. The molecule has 3 rings (SSSR count). The number of amides is 2. The van der Waals surface area contributed by atoms with Crippen molar-refractivity contribution in [3.63, 3.8) is 0 Å². The van der Waals surface area contributed by atoms with Gasteiger partial charge in [-0.2, -0.15) is 0 Å². The smallest absolute Gasteiger partial charge is 0.261 e. The Morgan fingerprint density at radius 1 is 0.865 bits per heavy atom. The number of carbonyl (C=O) groups is 2. The molecule has 37 heavy (non-hydrogen) atoms. The van der Waals surface area contributed by atoms with Crippen LogP contribution in [0.2, 0.25) is 20.1 Å². The summed E-state index contributed by atoms with van der Waals surface area (Å²) in [5, 5.41) is 4.48. The average Bonchev–Trinajstić information content (AvgIpc) is 2.86. The van der Waals surface area contributed by atoms with E-state index in [1.807, 2.05) is 44.2 Å². The lowest BCUT2D eigenvalue weighted by Crippen LogP contribution is -2.52. The maximum Gasteiger partial charge on any atom is 0.261 e. The molecule has 0 saturated heterocycles. The van der Waals surface area contributed by atoms with E-state index in [-0.39, 0.29) is 30.0 Å². The van der Waals surface area contributed by atoms with Crippen LogP contribution in [-0.2, 0) is 22.6 Å². The lowest BCUT2D eigenvalue weighted by atomic mass is 10.0. The Morgan fingerprint density at radius 2 is 1.59 bits per heavy atom. The first-order valence-electron chi connectivity index (χ1n) is 11.8. The maximum atomic E-state index is 13.6. The number of halogens is 4. The standard InChI is InChI=1S/C28H28Cl4N2O3/c1-18(2)15-33-28(36)25(13-19-6-4-3-5-7-19)34(16-20-8-10-22(30)23(31)12-20)27(35)17-37-26-11-9-21(29)14-24(26)32/h3-12,14,18,25H,13,15-17H2,1-2H3,(H,33,36)/t25-/m0/s1. The topological polar surface area (TPSA) is 58.6 Å². The summed E-state index contributed by atoms with van der Waals surface area (Å²) in [5.41, 5.74) is 1.64. The van der Waals surface area contributed by atoms with Gasteiger partial charge in [-0.1, -0.05) is 96.6 Å². The molecule has 0 bridgehead atoms. The fraction of sp³-hybridized carbons (Fsp3) is 0.286. The van der Waals surface area contributed by atoms with E-state index < -0.39 is 11.9 Å². The minimum absolute atomic E-state index is 0.125. The van der Waals surface area contributed by atoms with Crippen molar-refractivity contribution in [1.82, 2.24) is 10.2 Å². The number of ether oxygens (including phenoxy) is 1. The van der Waals surface area contributed by atoms with Gasteiger partial charge >= 0.3 is 0 Å². The second-order valence-corrected chi connectivity index (χ2v) is 10.6. The van der Waals surface area contributed by atoms with Crippen LogP contribution in [0, 0.1) is 5.92 Å². The Labute approximate surface area is 237 Å². The first-order valence-corrected chi connectivity index (χ1v) is 13.3. The highest BCUT2D eigenvalue weighted by molar-refractivity contribution is 6.42. The first-order chi connectivity index (χ1) is 17.6. The van der Waals surface area contributed by atoms with Crippen LogP contribution in [0.1, 0.15) is 25.0 Å². The predicted molar refractivity (Wildman–Crippen MR) is 151 cm³/mol. The summed E-state index contributed by atoms with van der Waals surface area (Å²) in [6.45, 7) is 4.30. The van der Waals surface area contributed by atoms with Crippen molar-refractivity contribution >= 4 is 58.2 Å². The Kier molecular flexibility index (Phi) is 11.0. The maximum absolute atomic E-state index is 13.6. The molecule has 0 aliphatic heterocycles. The van der Waals surface area contributed by atoms with Gasteiger partial charge in [-0.15, -0.1) is 0 Å². The molecule has 2 amide bonds. The molecule has 0 aliphatic rings. The quantitative estimate of drug-likeness (QED) is 0.263. The Morgan fingerprint density at radius 3 is 2.24 bits per heavy atom. The minimum atomic E-state index is -0.799. The Bertz CT molecular complexity index is 1220. The third-order valence-electron chi connectivity index (χ3n) is 5.54. The van der Waals surface area contributed by atoms with Crippen LogP contribution < -0.4 is 10.1 Å². The van der Waals surface area contributed by atoms with E-state index in [0.717, 1.165) is 11.1 Å². The van der Waals surface area contributed by atoms with Crippen molar-refractivity contribution in [1.29, 1.82) is 0 Å². The highest BCUT2D eigenvalue weighted by Gasteiger charge is 2.31. The molecule has 1 atom stereocenters. The summed E-state index contributed by atoms with van der Waals surface area (Å²) in [6.07, 6.45) is 0.319. The first kappa shape index (κ1) is 29.1. The minimum Gasteiger partial charge on any atom is -0.482 e. The average molecular weight is 582 g/mol. The van der Waals surface area contributed by atoms with Gasteiger partial charge in [0.2, 0.25) is 5.91 Å².